The van der Waals surface area contributed by atoms with Crippen molar-refractivity contribution in [2.24, 2.45) is 4.99 Å². The number of amides is 4. The molecule has 3 aliphatic rings. The van der Waals surface area contributed by atoms with Crippen molar-refractivity contribution in [1.82, 2.24) is 20.4 Å². The van der Waals surface area contributed by atoms with Gasteiger partial charge < -0.3 is 20.2 Å². The zero-order valence-electron chi connectivity index (χ0n) is 17.7. The number of anilines is 1. The SMILES string of the molecule is CCN(CC)C(=O)c1cccc(N2C(=O)NC(=O)C3(O)N=CN(C4CCNCC4)C23)c1. The van der Waals surface area contributed by atoms with Gasteiger partial charge in [0.1, 0.15) is 0 Å². The Hall–Kier alpha value is -2.98. The molecular weight excluding hydrogens is 400 g/mol. The van der Waals surface area contributed by atoms with Crippen LogP contribution in [0, 0.1) is 0 Å². The molecule has 0 saturated carbocycles. The lowest BCUT2D eigenvalue weighted by atomic mass is 10.00. The van der Waals surface area contributed by atoms with Gasteiger partial charge in [-0.2, -0.15) is 0 Å². The molecule has 10 heteroatoms. The molecule has 2 atom stereocenters. The third-order valence-corrected chi connectivity index (χ3v) is 6.20. The van der Waals surface area contributed by atoms with Crippen molar-refractivity contribution in [2.45, 2.75) is 44.6 Å². The van der Waals surface area contributed by atoms with E-state index < -0.39 is 23.8 Å². The molecule has 2 unspecified atom stereocenters. The van der Waals surface area contributed by atoms with E-state index in [0.29, 0.717) is 24.3 Å². The van der Waals surface area contributed by atoms with E-state index in [2.05, 4.69) is 15.6 Å². The van der Waals surface area contributed by atoms with E-state index in [-0.39, 0.29) is 11.9 Å². The fraction of sp³-hybridized carbons (Fsp3) is 0.524. The van der Waals surface area contributed by atoms with Crippen LogP contribution in [0.25, 0.3) is 0 Å². The third kappa shape index (κ3) is 3.55. The summed E-state index contributed by atoms with van der Waals surface area (Å²) in [7, 11) is 0. The van der Waals surface area contributed by atoms with Crippen LogP contribution in [0.4, 0.5) is 10.5 Å². The first-order valence-electron chi connectivity index (χ1n) is 10.7. The molecule has 4 amide bonds. The predicted octanol–water partition coefficient (Wildman–Crippen LogP) is 0.335. The molecule has 3 N–H and O–H groups in total. The molecule has 0 bridgehead atoms. The number of nitrogens with one attached hydrogen (secondary N) is 2. The first-order valence-corrected chi connectivity index (χ1v) is 10.7. The molecule has 3 aliphatic heterocycles. The summed E-state index contributed by atoms with van der Waals surface area (Å²) in [6, 6.07) is 6.06. The topological polar surface area (TPSA) is 118 Å². The molecule has 1 aromatic carbocycles. The summed E-state index contributed by atoms with van der Waals surface area (Å²) in [6.45, 7) is 6.54. The predicted molar refractivity (Wildman–Crippen MR) is 115 cm³/mol. The van der Waals surface area contributed by atoms with Gasteiger partial charge in [-0.25, -0.2) is 9.79 Å². The second-order valence-corrected chi connectivity index (χ2v) is 7.93. The molecule has 1 aromatic rings. The molecule has 0 aliphatic carbocycles. The van der Waals surface area contributed by atoms with Gasteiger partial charge in [-0.05, 0) is 58.0 Å². The zero-order valence-corrected chi connectivity index (χ0v) is 17.7. The summed E-state index contributed by atoms with van der Waals surface area (Å²) < 4.78 is 0. The lowest BCUT2D eigenvalue weighted by Crippen LogP contribution is -2.72. The van der Waals surface area contributed by atoms with Gasteiger partial charge in [-0.15, -0.1) is 0 Å². The van der Waals surface area contributed by atoms with Crippen molar-refractivity contribution in [3.8, 4) is 0 Å². The molecule has 2 saturated heterocycles. The monoisotopic (exact) mass is 428 g/mol. The highest BCUT2D eigenvalue weighted by atomic mass is 16.3. The summed E-state index contributed by atoms with van der Waals surface area (Å²) in [5.41, 5.74) is -1.27. The zero-order chi connectivity index (χ0) is 22.2. The third-order valence-electron chi connectivity index (χ3n) is 6.20. The first-order chi connectivity index (χ1) is 14.9. The van der Waals surface area contributed by atoms with Crippen LogP contribution in [-0.4, -0.2) is 83.2 Å². The highest BCUT2D eigenvalue weighted by Gasteiger charge is 2.60. The largest absolute Gasteiger partial charge is 0.359 e. The number of aliphatic hydroxyl groups is 1. The maximum atomic E-state index is 12.9. The molecule has 4 rings (SSSR count). The lowest BCUT2D eigenvalue weighted by Gasteiger charge is -2.46. The van der Waals surface area contributed by atoms with Crippen LogP contribution in [0.1, 0.15) is 37.0 Å². The van der Waals surface area contributed by atoms with Crippen molar-refractivity contribution in [3.63, 3.8) is 0 Å². The van der Waals surface area contributed by atoms with E-state index in [1.165, 1.54) is 11.2 Å². The van der Waals surface area contributed by atoms with E-state index in [0.717, 1.165) is 25.9 Å². The number of piperidine rings is 1. The smallest absolute Gasteiger partial charge is 0.330 e. The average Bonchev–Trinajstić information content (AvgIpc) is 3.14. The number of nitrogens with zero attached hydrogens (tertiary/aromatic N) is 4. The molecule has 2 fully saturated rings. The molecule has 0 radical (unpaired) electrons. The van der Waals surface area contributed by atoms with Gasteiger partial charge in [0.25, 0.3) is 17.5 Å². The van der Waals surface area contributed by atoms with Gasteiger partial charge in [0, 0.05) is 30.4 Å². The maximum Gasteiger partial charge on any atom is 0.330 e. The number of aliphatic imine (C=N–C) groups is 1. The van der Waals surface area contributed by atoms with Crippen molar-refractivity contribution in [2.75, 3.05) is 31.1 Å². The Balaban J connectivity index is 1.72. The van der Waals surface area contributed by atoms with Crippen LogP contribution in [0.2, 0.25) is 0 Å². The number of fused-ring (bicyclic) bond motifs is 1. The van der Waals surface area contributed by atoms with Crippen LogP contribution >= 0.6 is 0 Å². The number of imide groups is 1. The van der Waals surface area contributed by atoms with Crippen molar-refractivity contribution < 1.29 is 19.5 Å². The Bertz CT molecular complexity index is 911. The number of carbonyl (C=O) groups excluding carboxylic acids is 3. The number of rotatable bonds is 5. The van der Waals surface area contributed by atoms with E-state index in [1.807, 2.05) is 13.8 Å². The minimum Gasteiger partial charge on any atom is -0.359 e. The van der Waals surface area contributed by atoms with E-state index in [4.69, 9.17) is 0 Å². The van der Waals surface area contributed by atoms with Crippen molar-refractivity contribution >= 4 is 29.9 Å². The summed E-state index contributed by atoms with van der Waals surface area (Å²) >= 11 is 0. The van der Waals surface area contributed by atoms with Crippen LogP contribution < -0.4 is 15.5 Å². The average molecular weight is 428 g/mol. The number of carbonyl (C=O) groups is 3. The van der Waals surface area contributed by atoms with Crippen molar-refractivity contribution in [3.05, 3.63) is 29.8 Å². The normalized spacial score (nSPS) is 26.1. The fourth-order valence-corrected chi connectivity index (χ4v) is 4.48. The molecule has 31 heavy (non-hydrogen) atoms. The van der Waals surface area contributed by atoms with E-state index in [1.54, 1.807) is 34.1 Å². The summed E-state index contributed by atoms with van der Waals surface area (Å²) in [5.74, 6) is -0.990. The number of urea groups is 1. The Morgan fingerprint density at radius 3 is 2.65 bits per heavy atom. The summed E-state index contributed by atoms with van der Waals surface area (Å²) in [6.07, 6.45) is 2.04. The van der Waals surface area contributed by atoms with Gasteiger partial charge >= 0.3 is 6.03 Å². The van der Waals surface area contributed by atoms with Crippen LogP contribution in [0.15, 0.2) is 29.3 Å². The van der Waals surface area contributed by atoms with Crippen LogP contribution in [0.3, 0.4) is 0 Å². The number of benzene rings is 1. The Kier molecular flexibility index (Phi) is 5.67. The maximum absolute atomic E-state index is 12.9. The highest BCUT2D eigenvalue weighted by molar-refractivity contribution is 6.11. The molecular formula is C21H28N6O4. The van der Waals surface area contributed by atoms with Gasteiger partial charge in [-0.3, -0.25) is 19.8 Å². The summed E-state index contributed by atoms with van der Waals surface area (Å²) in [4.78, 5) is 47.2. The standard InChI is InChI=1S/C21H28N6O4/c1-3-25(4-2)17(28)14-6-5-7-16(12-14)27-19-21(31,18(29)24-20(27)30)23-13-26(19)15-8-10-22-11-9-15/h5-7,12-13,15,19,22,31H,3-4,8-11H2,1-2H3,(H,24,29,30). The number of hydrogen-bond acceptors (Lipinski definition) is 7. The highest BCUT2D eigenvalue weighted by Crippen LogP contribution is 2.36. The molecule has 0 spiro atoms. The second-order valence-electron chi connectivity index (χ2n) is 7.93. The Morgan fingerprint density at radius 1 is 1.26 bits per heavy atom. The van der Waals surface area contributed by atoms with Gasteiger partial charge in [-0.1, -0.05) is 6.07 Å². The van der Waals surface area contributed by atoms with Crippen molar-refractivity contribution in [1.29, 1.82) is 0 Å². The molecule has 3 heterocycles. The van der Waals surface area contributed by atoms with E-state index >= 15 is 0 Å². The van der Waals surface area contributed by atoms with Gasteiger partial charge in [0.2, 0.25) is 0 Å². The van der Waals surface area contributed by atoms with E-state index in [9.17, 15) is 19.5 Å². The van der Waals surface area contributed by atoms with Gasteiger partial charge in [0.05, 0.1) is 6.34 Å². The quantitative estimate of drug-likeness (QED) is 0.622. The summed E-state index contributed by atoms with van der Waals surface area (Å²) in [5, 5.41) is 16.6. The Morgan fingerprint density at radius 2 is 1.97 bits per heavy atom. The van der Waals surface area contributed by atoms with Crippen LogP contribution in [0.5, 0.6) is 0 Å². The fourth-order valence-electron chi connectivity index (χ4n) is 4.48. The minimum absolute atomic E-state index is 0.0192. The molecule has 0 aromatic heterocycles. The van der Waals surface area contributed by atoms with Gasteiger partial charge in [0.15, 0.2) is 6.17 Å². The molecule has 10 nitrogen and oxygen atoms in total. The number of hydrogen-bond donors (Lipinski definition) is 3. The van der Waals surface area contributed by atoms with Crippen LogP contribution in [-0.2, 0) is 4.79 Å². The minimum atomic E-state index is -2.11. The lowest BCUT2D eigenvalue weighted by molar-refractivity contribution is -0.144. The Labute approximate surface area is 180 Å². The second kappa shape index (κ2) is 8.27. The molecule has 166 valence electrons. The first kappa shape index (κ1) is 21.3.